The van der Waals surface area contributed by atoms with E-state index >= 15 is 0 Å². The van der Waals surface area contributed by atoms with Gasteiger partial charge in [-0.2, -0.15) is 0 Å². The van der Waals surface area contributed by atoms with E-state index in [2.05, 4.69) is 27.1 Å². The normalized spacial score (nSPS) is 10.5. The third-order valence-corrected chi connectivity index (χ3v) is 5.69. The van der Waals surface area contributed by atoms with E-state index in [1.165, 1.54) is 6.08 Å². The van der Waals surface area contributed by atoms with Gasteiger partial charge in [-0.1, -0.05) is 6.58 Å². The lowest BCUT2D eigenvalue weighted by Crippen LogP contribution is -2.29. The SMILES string of the molecule is C=CC(=O)Nc1cc(Nc2cc(C(=O)c3ccc(OC)cc3)ccn2)c(OC)cc1N(C)CCN(C)C. The molecular weight excluding hydrogens is 470 g/mol. The Hall–Kier alpha value is -4.37. The monoisotopic (exact) mass is 503 g/mol. The van der Waals surface area contributed by atoms with Gasteiger partial charge in [-0.05, 0) is 62.6 Å². The first kappa shape index (κ1) is 27.2. The van der Waals surface area contributed by atoms with E-state index < -0.39 is 0 Å². The smallest absolute Gasteiger partial charge is 0.247 e. The number of rotatable bonds is 12. The fourth-order valence-corrected chi connectivity index (χ4v) is 3.59. The summed E-state index contributed by atoms with van der Waals surface area (Å²) in [4.78, 5) is 33.7. The number of anilines is 4. The Bertz CT molecular complexity index is 1260. The van der Waals surface area contributed by atoms with Crippen molar-refractivity contribution in [2.24, 2.45) is 0 Å². The number of aromatic nitrogens is 1. The van der Waals surface area contributed by atoms with Crippen LogP contribution in [0.1, 0.15) is 15.9 Å². The summed E-state index contributed by atoms with van der Waals surface area (Å²) in [5.41, 5.74) is 2.96. The van der Waals surface area contributed by atoms with E-state index in [0.717, 1.165) is 18.8 Å². The standard InChI is InChI=1S/C28H33N5O4/c1-7-27(34)31-22-17-23(25(37-6)18-24(22)33(4)15-14-32(2)3)30-26-16-20(12-13-29-26)28(35)19-8-10-21(36-5)11-9-19/h7-13,16-18H,1,14-15H2,2-6H3,(H,29,30)(H,31,34). The van der Waals surface area contributed by atoms with Gasteiger partial charge in [0.15, 0.2) is 5.78 Å². The highest BCUT2D eigenvalue weighted by atomic mass is 16.5. The number of hydrogen-bond donors (Lipinski definition) is 2. The average Bonchev–Trinajstić information content (AvgIpc) is 2.91. The lowest BCUT2D eigenvalue weighted by atomic mass is 10.0. The molecule has 0 saturated heterocycles. The summed E-state index contributed by atoms with van der Waals surface area (Å²) in [6, 6.07) is 13.9. The molecule has 0 bridgehead atoms. The molecule has 0 radical (unpaired) electrons. The van der Waals surface area contributed by atoms with Crippen molar-refractivity contribution in [3.8, 4) is 11.5 Å². The van der Waals surface area contributed by atoms with Gasteiger partial charge in [0.1, 0.15) is 17.3 Å². The van der Waals surface area contributed by atoms with Crippen molar-refractivity contribution < 1.29 is 19.1 Å². The molecule has 0 fully saturated rings. The summed E-state index contributed by atoms with van der Waals surface area (Å²) in [5.74, 6) is 1.21. The van der Waals surface area contributed by atoms with Crippen molar-refractivity contribution in [3.63, 3.8) is 0 Å². The third-order valence-electron chi connectivity index (χ3n) is 5.69. The second-order valence-corrected chi connectivity index (χ2v) is 8.60. The number of methoxy groups -OCH3 is 2. The molecule has 1 heterocycles. The van der Waals surface area contributed by atoms with Crippen LogP contribution in [0, 0.1) is 0 Å². The lowest BCUT2D eigenvalue weighted by Gasteiger charge is -2.26. The Morgan fingerprint density at radius 3 is 2.30 bits per heavy atom. The van der Waals surface area contributed by atoms with Gasteiger partial charge in [-0.15, -0.1) is 0 Å². The maximum absolute atomic E-state index is 13.0. The summed E-state index contributed by atoms with van der Waals surface area (Å²) in [5, 5.41) is 6.10. The molecule has 1 amide bonds. The molecule has 1 aromatic heterocycles. The minimum absolute atomic E-state index is 0.142. The maximum atomic E-state index is 13.0. The molecule has 37 heavy (non-hydrogen) atoms. The number of ether oxygens (including phenoxy) is 2. The van der Waals surface area contributed by atoms with Crippen molar-refractivity contribution in [3.05, 3.63) is 78.5 Å². The second-order valence-electron chi connectivity index (χ2n) is 8.60. The molecule has 0 aliphatic carbocycles. The van der Waals surface area contributed by atoms with Crippen molar-refractivity contribution in [2.45, 2.75) is 0 Å². The number of carbonyl (C=O) groups excluding carboxylic acids is 2. The van der Waals surface area contributed by atoms with Gasteiger partial charge in [-0.3, -0.25) is 9.59 Å². The van der Waals surface area contributed by atoms with Crippen molar-refractivity contribution in [1.29, 1.82) is 0 Å². The Balaban J connectivity index is 1.93. The summed E-state index contributed by atoms with van der Waals surface area (Å²) in [6.45, 7) is 5.11. The Morgan fingerprint density at radius 2 is 1.68 bits per heavy atom. The zero-order chi connectivity index (χ0) is 26.9. The fourth-order valence-electron chi connectivity index (χ4n) is 3.59. The van der Waals surface area contributed by atoms with Crippen LogP contribution in [0.3, 0.4) is 0 Å². The van der Waals surface area contributed by atoms with Gasteiger partial charge in [0.05, 0.1) is 31.3 Å². The van der Waals surface area contributed by atoms with Gasteiger partial charge >= 0.3 is 0 Å². The first-order chi connectivity index (χ1) is 17.7. The molecule has 0 aliphatic heterocycles. The minimum Gasteiger partial charge on any atom is -0.497 e. The van der Waals surface area contributed by atoms with Crippen LogP contribution in [-0.4, -0.2) is 70.0 Å². The summed E-state index contributed by atoms with van der Waals surface area (Å²) < 4.78 is 10.8. The molecule has 9 heteroatoms. The number of carbonyl (C=O) groups is 2. The summed E-state index contributed by atoms with van der Waals surface area (Å²) in [7, 11) is 9.10. The molecule has 0 atom stereocenters. The zero-order valence-corrected chi connectivity index (χ0v) is 21.9. The van der Waals surface area contributed by atoms with Crippen molar-refractivity contribution in [2.75, 3.05) is 64.0 Å². The van der Waals surface area contributed by atoms with Crippen LogP contribution in [0.15, 0.2) is 67.4 Å². The molecule has 194 valence electrons. The van der Waals surface area contributed by atoms with Crippen LogP contribution in [0.2, 0.25) is 0 Å². The van der Waals surface area contributed by atoms with Crippen LogP contribution < -0.4 is 25.0 Å². The molecular formula is C28H33N5O4. The molecule has 0 aliphatic rings. The number of pyridine rings is 1. The second kappa shape index (κ2) is 12.5. The Morgan fingerprint density at radius 1 is 0.946 bits per heavy atom. The lowest BCUT2D eigenvalue weighted by molar-refractivity contribution is -0.111. The van der Waals surface area contributed by atoms with Crippen molar-refractivity contribution in [1.82, 2.24) is 9.88 Å². The molecule has 0 saturated carbocycles. The predicted octanol–water partition coefficient (Wildman–Crippen LogP) is 4.20. The third kappa shape index (κ3) is 7.08. The van der Waals surface area contributed by atoms with E-state index in [4.69, 9.17) is 9.47 Å². The predicted molar refractivity (Wildman–Crippen MR) is 148 cm³/mol. The number of nitrogens with one attached hydrogen (secondary N) is 2. The van der Waals surface area contributed by atoms with Crippen LogP contribution >= 0.6 is 0 Å². The molecule has 0 unspecified atom stereocenters. The molecule has 9 nitrogen and oxygen atoms in total. The highest BCUT2D eigenvalue weighted by Crippen LogP contribution is 2.38. The Labute approximate surface area is 217 Å². The number of benzene rings is 2. The largest absolute Gasteiger partial charge is 0.497 e. The fraction of sp³-hybridized carbons (Fsp3) is 0.250. The van der Waals surface area contributed by atoms with Crippen LogP contribution in [0.25, 0.3) is 0 Å². The zero-order valence-electron chi connectivity index (χ0n) is 21.9. The number of hydrogen-bond acceptors (Lipinski definition) is 8. The highest BCUT2D eigenvalue weighted by Gasteiger charge is 2.17. The van der Waals surface area contributed by atoms with Crippen LogP contribution in [0.5, 0.6) is 11.5 Å². The van der Waals surface area contributed by atoms with Gasteiger partial charge in [0.25, 0.3) is 0 Å². The number of likely N-dealkylation sites (N-methyl/N-ethyl adjacent to an activating group) is 2. The number of ketones is 1. The molecule has 0 spiro atoms. The first-order valence-electron chi connectivity index (χ1n) is 11.7. The van der Waals surface area contributed by atoms with Crippen LogP contribution in [-0.2, 0) is 4.79 Å². The number of nitrogens with zero attached hydrogens (tertiary/aromatic N) is 3. The van der Waals surface area contributed by atoms with Crippen LogP contribution in [0.4, 0.5) is 22.9 Å². The molecule has 3 rings (SSSR count). The molecule has 2 aromatic carbocycles. The number of amides is 1. The van der Waals surface area contributed by atoms with Crippen molar-refractivity contribution >= 4 is 34.6 Å². The van der Waals surface area contributed by atoms with E-state index in [9.17, 15) is 9.59 Å². The highest BCUT2D eigenvalue weighted by molar-refractivity contribution is 6.09. The van der Waals surface area contributed by atoms with Gasteiger partial charge in [0, 0.05) is 43.5 Å². The van der Waals surface area contributed by atoms with Gasteiger partial charge < -0.3 is 29.9 Å². The first-order valence-corrected chi connectivity index (χ1v) is 11.7. The van der Waals surface area contributed by atoms with Gasteiger partial charge in [-0.25, -0.2) is 4.98 Å². The molecule has 2 N–H and O–H groups in total. The van der Waals surface area contributed by atoms with Gasteiger partial charge in [0.2, 0.25) is 5.91 Å². The quantitative estimate of drug-likeness (QED) is 0.281. The summed E-state index contributed by atoms with van der Waals surface area (Å²) >= 11 is 0. The summed E-state index contributed by atoms with van der Waals surface area (Å²) in [6.07, 6.45) is 2.78. The van der Waals surface area contributed by atoms with E-state index in [0.29, 0.717) is 39.8 Å². The minimum atomic E-state index is -0.330. The van der Waals surface area contributed by atoms with E-state index in [1.807, 2.05) is 32.1 Å². The average molecular weight is 504 g/mol. The molecule has 3 aromatic rings. The van der Waals surface area contributed by atoms with E-state index in [-0.39, 0.29) is 11.7 Å². The topological polar surface area (TPSA) is 96.0 Å². The van der Waals surface area contributed by atoms with E-state index in [1.54, 1.807) is 62.9 Å². The maximum Gasteiger partial charge on any atom is 0.247 e. The Kier molecular flexibility index (Phi) is 9.23.